The molecule has 7 nitrogen and oxygen atoms in total. The largest absolute Gasteiger partial charge is 0.350 e. The summed E-state index contributed by atoms with van der Waals surface area (Å²) in [5.41, 5.74) is -0.131. The van der Waals surface area contributed by atoms with Crippen molar-refractivity contribution in [2.24, 2.45) is 0 Å². The van der Waals surface area contributed by atoms with Gasteiger partial charge >= 0.3 is 0 Å². The van der Waals surface area contributed by atoms with E-state index in [1.54, 1.807) is 4.90 Å². The molecule has 26 heavy (non-hydrogen) atoms. The lowest BCUT2D eigenvalue weighted by Gasteiger charge is -2.24. The number of rotatable bonds is 7. The maximum atomic E-state index is 12.3. The average molecular weight is 404 g/mol. The van der Waals surface area contributed by atoms with Gasteiger partial charge in [0, 0.05) is 11.8 Å². The van der Waals surface area contributed by atoms with Crippen molar-refractivity contribution in [2.45, 2.75) is 38.1 Å². The zero-order valence-electron chi connectivity index (χ0n) is 15.7. The van der Waals surface area contributed by atoms with Gasteiger partial charge in [-0.15, -0.1) is 0 Å². The maximum Gasteiger partial charge on any atom is 0.238 e. The van der Waals surface area contributed by atoms with E-state index in [0.29, 0.717) is 6.54 Å². The van der Waals surface area contributed by atoms with Crippen molar-refractivity contribution in [1.29, 1.82) is 0 Å². The molecule has 0 spiro atoms. The summed E-state index contributed by atoms with van der Waals surface area (Å²) >= 11 is 6.03. The van der Waals surface area contributed by atoms with Crippen LogP contribution in [0, 0.1) is 0 Å². The summed E-state index contributed by atoms with van der Waals surface area (Å²) in [6.45, 7) is 8.04. The highest BCUT2D eigenvalue weighted by Crippen LogP contribution is 2.25. The van der Waals surface area contributed by atoms with E-state index >= 15 is 0 Å². The fourth-order valence-electron chi connectivity index (χ4n) is 2.16. The van der Waals surface area contributed by atoms with Crippen LogP contribution in [0.15, 0.2) is 23.1 Å². The fourth-order valence-corrected chi connectivity index (χ4v) is 2.98. The molecule has 1 aromatic carbocycles. The molecule has 0 bridgehead atoms. The molecule has 0 saturated heterocycles. The first-order valence-electron chi connectivity index (χ1n) is 8.14. The van der Waals surface area contributed by atoms with Crippen LogP contribution in [-0.2, 0) is 19.4 Å². The molecule has 1 rings (SSSR count). The molecule has 0 aliphatic rings. The quantitative estimate of drug-likeness (QED) is 0.725. The minimum Gasteiger partial charge on any atom is -0.350 e. The van der Waals surface area contributed by atoms with E-state index in [4.69, 9.17) is 11.6 Å². The maximum absolute atomic E-state index is 12.3. The first-order valence-corrected chi connectivity index (χ1v) is 10.4. The molecule has 0 atom stereocenters. The number of nitrogens with one attached hydrogen (secondary N) is 2. The summed E-state index contributed by atoms with van der Waals surface area (Å²) in [6, 6.07) is 4.11. The molecule has 0 fully saturated rings. The number of likely N-dealkylation sites (N-methyl/N-ethyl adjacent to an activating group) is 1. The summed E-state index contributed by atoms with van der Waals surface area (Å²) < 4.78 is 23.3. The molecule has 0 aliphatic carbocycles. The number of carbonyl (C=O) groups is 2. The van der Waals surface area contributed by atoms with Crippen molar-refractivity contribution in [3.63, 3.8) is 0 Å². The monoisotopic (exact) mass is 403 g/mol. The number of carbonyl (C=O) groups excluding carboxylic acids is 2. The van der Waals surface area contributed by atoms with Crippen LogP contribution in [0.4, 0.5) is 5.69 Å². The lowest BCUT2D eigenvalue weighted by molar-refractivity contribution is -0.124. The van der Waals surface area contributed by atoms with E-state index in [1.807, 2.05) is 27.7 Å². The standard InChI is InChI=1S/C17H26ClN3O4S/c1-6-21(11-16(23)20-17(2,3)4)10-15(22)19-14-9-12(26(5,24)25)7-8-13(14)18/h7-9H,6,10-11H2,1-5H3,(H,19,22)(H,20,23). The summed E-state index contributed by atoms with van der Waals surface area (Å²) in [7, 11) is -3.41. The van der Waals surface area contributed by atoms with Gasteiger partial charge in [-0.25, -0.2) is 8.42 Å². The molecule has 2 amide bonds. The minimum atomic E-state index is -3.41. The van der Waals surface area contributed by atoms with Gasteiger partial charge in [0.05, 0.1) is 28.7 Å². The molecule has 2 N–H and O–H groups in total. The Morgan fingerprint density at radius 2 is 1.73 bits per heavy atom. The molecular weight excluding hydrogens is 378 g/mol. The first-order chi connectivity index (χ1) is 11.8. The normalized spacial score (nSPS) is 12.1. The molecule has 9 heteroatoms. The predicted molar refractivity (Wildman–Crippen MR) is 103 cm³/mol. The number of nitrogens with zero attached hydrogens (tertiary/aromatic N) is 1. The summed E-state index contributed by atoms with van der Waals surface area (Å²) in [6.07, 6.45) is 1.08. The second kappa shape index (κ2) is 8.83. The van der Waals surface area contributed by atoms with Crippen molar-refractivity contribution in [3.05, 3.63) is 23.2 Å². The van der Waals surface area contributed by atoms with Crippen LogP contribution >= 0.6 is 11.6 Å². The molecule has 0 unspecified atom stereocenters. The lowest BCUT2D eigenvalue weighted by atomic mass is 10.1. The number of amides is 2. The Labute approximate surface area is 160 Å². The van der Waals surface area contributed by atoms with Gasteiger partial charge in [-0.1, -0.05) is 18.5 Å². The number of hydrogen-bond acceptors (Lipinski definition) is 5. The third-order valence-corrected chi connectivity index (χ3v) is 4.78. The van der Waals surface area contributed by atoms with Crippen LogP contribution in [0.3, 0.4) is 0 Å². The van der Waals surface area contributed by atoms with Gasteiger partial charge in [-0.3, -0.25) is 14.5 Å². The topological polar surface area (TPSA) is 95.6 Å². The van der Waals surface area contributed by atoms with Gasteiger partial charge in [0.25, 0.3) is 0 Å². The molecule has 146 valence electrons. The van der Waals surface area contributed by atoms with Crippen molar-refractivity contribution >= 4 is 38.9 Å². The molecule has 0 aliphatic heterocycles. The third kappa shape index (κ3) is 7.72. The van der Waals surface area contributed by atoms with E-state index in [2.05, 4.69) is 10.6 Å². The molecule has 0 saturated carbocycles. The first kappa shape index (κ1) is 22.4. The highest BCUT2D eigenvalue weighted by Gasteiger charge is 2.18. The van der Waals surface area contributed by atoms with Crippen LogP contribution in [0.2, 0.25) is 5.02 Å². The van der Waals surface area contributed by atoms with Crippen molar-refractivity contribution in [1.82, 2.24) is 10.2 Å². The Morgan fingerprint density at radius 1 is 1.15 bits per heavy atom. The minimum absolute atomic E-state index is 0.0203. The number of anilines is 1. The van der Waals surface area contributed by atoms with Gasteiger partial charge in [-0.2, -0.15) is 0 Å². The summed E-state index contributed by atoms with van der Waals surface area (Å²) in [5, 5.41) is 5.68. The molecule has 0 heterocycles. The van der Waals surface area contributed by atoms with Crippen molar-refractivity contribution in [3.8, 4) is 0 Å². The van der Waals surface area contributed by atoms with Crippen LogP contribution in [0.1, 0.15) is 27.7 Å². The van der Waals surface area contributed by atoms with Crippen molar-refractivity contribution in [2.75, 3.05) is 31.2 Å². The van der Waals surface area contributed by atoms with Crippen LogP contribution < -0.4 is 10.6 Å². The molecular formula is C17H26ClN3O4S. The number of halogens is 1. The Morgan fingerprint density at radius 3 is 2.23 bits per heavy atom. The summed E-state index contributed by atoms with van der Waals surface area (Å²) in [5.74, 6) is -0.563. The van der Waals surface area contributed by atoms with E-state index < -0.39 is 9.84 Å². The van der Waals surface area contributed by atoms with Gasteiger partial charge in [0.1, 0.15) is 0 Å². The smallest absolute Gasteiger partial charge is 0.238 e. The van der Waals surface area contributed by atoms with E-state index in [0.717, 1.165) is 6.26 Å². The van der Waals surface area contributed by atoms with Gasteiger partial charge in [0.2, 0.25) is 11.8 Å². The fraction of sp³-hybridized carbons (Fsp3) is 0.529. The highest BCUT2D eigenvalue weighted by atomic mass is 35.5. The number of hydrogen-bond donors (Lipinski definition) is 2. The van der Waals surface area contributed by atoms with Crippen LogP contribution in [-0.4, -0.2) is 56.6 Å². The zero-order chi connectivity index (χ0) is 20.1. The second-order valence-corrected chi connectivity index (χ2v) is 9.49. The summed E-state index contributed by atoms with van der Waals surface area (Å²) in [4.78, 5) is 26.0. The van der Waals surface area contributed by atoms with Gasteiger partial charge in [0.15, 0.2) is 9.84 Å². The Kier molecular flexibility index (Phi) is 7.61. The number of benzene rings is 1. The van der Waals surface area contributed by atoms with Gasteiger partial charge in [-0.05, 0) is 45.5 Å². The highest BCUT2D eigenvalue weighted by molar-refractivity contribution is 7.90. The Balaban J connectivity index is 2.77. The van der Waals surface area contributed by atoms with Crippen molar-refractivity contribution < 1.29 is 18.0 Å². The van der Waals surface area contributed by atoms with E-state index in [1.165, 1.54) is 18.2 Å². The molecule has 1 aromatic rings. The van der Waals surface area contributed by atoms with Crippen LogP contribution in [0.5, 0.6) is 0 Å². The predicted octanol–water partition coefficient (Wildman–Crippen LogP) is 1.92. The van der Waals surface area contributed by atoms with E-state index in [-0.39, 0.29) is 46.0 Å². The average Bonchev–Trinajstić information content (AvgIpc) is 2.45. The van der Waals surface area contributed by atoms with Gasteiger partial charge < -0.3 is 10.6 Å². The molecule has 0 aromatic heterocycles. The Hall–Kier alpha value is -1.64. The van der Waals surface area contributed by atoms with E-state index in [9.17, 15) is 18.0 Å². The number of sulfone groups is 1. The Bertz CT molecular complexity index is 773. The van der Waals surface area contributed by atoms with Crippen LogP contribution in [0.25, 0.3) is 0 Å². The SMILES string of the molecule is CCN(CC(=O)Nc1cc(S(C)(=O)=O)ccc1Cl)CC(=O)NC(C)(C)C. The third-order valence-electron chi connectivity index (χ3n) is 3.34. The molecule has 0 radical (unpaired) electrons. The lowest BCUT2D eigenvalue weighted by Crippen LogP contribution is -2.47. The second-order valence-electron chi connectivity index (χ2n) is 7.06. The zero-order valence-corrected chi connectivity index (χ0v) is 17.3.